The fourth-order valence-electron chi connectivity index (χ4n) is 2.02. The van der Waals surface area contributed by atoms with Crippen molar-refractivity contribution in [2.45, 2.75) is 20.1 Å². The van der Waals surface area contributed by atoms with Gasteiger partial charge in [0.25, 0.3) is 5.91 Å². The summed E-state index contributed by atoms with van der Waals surface area (Å²) in [6.07, 6.45) is 3.40. The molecule has 1 aromatic carbocycles. The first-order valence-electron chi connectivity index (χ1n) is 7.40. The first kappa shape index (κ1) is 16.1. The van der Waals surface area contributed by atoms with Crippen LogP contribution in [-0.4, -0.2) is 19.6 Å². The number of nitrogens with zero attached hydrogens (tertiary/aromatic N) is 3. The fraction of sp³-hybridized carbons (Fsp3) is 0.176. The number of hydrogen-bond donors (Lipinski definition) is 1. The number of nitrogens with one attached hydrogen (secondary N) is 1. The highest BCUT2D eigenvalue weighted by Gasteiger charge is 2.07. The van der Waals surface area contributed by atoms with Gasteiger partial charge in [0, 0.05) is 24.5 Å². The van der Waals surface area contributed by atoms with Crippen molar-refractivity contribution in [1.82, 2.24) is 19.0 Å². The Bertz CT molecular complexity index is 803. The van der Waals surface area contributed by atoms with Crippen molar-refractivity contribution in [1.29, 1.82) is 0 Å². The average molecular weight is 340 g/mol. The maximum absolute atomic E-state index is 12.1. The number of ether oxygens (including phenoxy) is 1. The Morgan fingerprint density at radius 1 is 1.12 bits per heavy atom. The van der Waals surface area contributed by atoms with Gasteiger partial charge < -0.3 is 10.1 Å². The van der Waals surface area contributed by atoms with E-state index in [1.165, 1.54) is 11.7 Å². The van der Waals surface area contributed by atoms with Crippen molar-refractivity contribution in [2.24, 2.45) is 0 Å². The lowest BCUT2D eigenvalue weighted by Crippen LogP contribution is -2.22. The first-order valence-corrected chi connectivity index (χ1v) is 8.13. The standard InChI is InChI=1S/C17H16N4O2S/c1-12-16(21-24-20-12)11-23-15-4-2-14(3-5-15)17(22)19-10-13-6-8-18-9-7-13/h2-9H,10-11H2,1H3,(H,19,22). The van der Waals surface area contributed by atoms with Crippen LogP contribution >= 0.6 is 11.7 Å². The molecule has 2 heterocycles. The van der Waals surface area contributed by atoms with Crippen LogP contribution in [0, 0.1) is 6.92 Å². The van der Waals surface area contributed by atoms with Gasteiger partial charge >= 0.3 is 0 Å². The van der Waals surface area contributed by atoms with Gasteiger partial charge in [0.05, 0.1) is 17.4 Å². The molecule has 122 valence electrons. The molecular weight excluding hydrogens is 324 g/mol. The number of aryl methyl sites for hydroxylation is 1. The second-order valence-electron chi connectivity index (χ2n) is 5.15. The Labute approximate surface area is 143 Å². The van der Waals surface area contributed by atoms with E-state index in [1.54, 1.807) is 36.7 Å². The maximum atomic E-state index is 12.1. The van der Waals surface area contributed by atoms with E-state index in [1.807, 2.05) is 19.1 Å². The first-order chi connectivity index (χ1) is 11.7. The van der Waals surface area contributed by atoms with E-state index >= 15 is 0 Å². The van der Waals surface area contributed by atoms with E-state index in [4.69, 9.17) is 4.74 Å². The van der Waals surface area contributed by atoms with E-state index in [0.717, 1.165) is 17.0 Å². The molecule has 0 radical (unpaired) electrons. The summed E-state index contributed by atoms with van der Waals surface area (Å²) in [5.74, 6) is 0.561. The van der Waals surface area contributed by atoms with Gasteiger partial charge in [-0.3, -0.25) is 9.78 Å². The molecule has 1 N–H and O–H groups in total. The molecule has 0 aliphatic carbocycles. The fourth-order valence-corrected chi connectivity index (χ4v) is 2.57. The van der Waals surface area contributed by atoms with E-state index in [2.05, 4.69) is 19.0 Å². The van der Waals surface area contributed by atoms with Crippen LogP contribution in [0.4, 0.5) is 0 Å². The molecule has 0 bridgehead atoms. The third-order valence-electron chi connectivity index (χ3n) is 3.44. The minimum atomic E-state index is -0.127. The molecule has 0 fully saturated rings. The van der Waals surface area contributed by atoms with Crippen LogP contribution in [0.15, 0.2) is 48.8 Å². The summed E-state index contributed by atoms with van der Waals surface area (Å²) in [6, 6.07) is 10.8. The highest BCUT2D eigenvalue weighted by Crippen LogP contribution is 2.15. The lowest BCUT2D eigenvalue weighted by molar-refractivity contribution is 0.0951. The van der Waals surface area contributed by atoms with Gasteiger partial charge in [-0.25, -0.2) is 0 Å². The van der Waals surface area contributed by atoms with Crippen molar-refractivity contribution >= 4 is 17.6 Å². The third-order valence-corrected chi connectivity index (χ3v) is 4.10. The molecule has 0 aliphatic rings. The van der Waals surface area contributed by atoms with Crippen LogP contribution in [0.1, 0.15) is 27.3 Å². The molecule has 0 saturated heterocycles. The molecule has 0 aliphatic heterocycles. The van der Waals surface area contributed by atoms with Gasteiger partial charge in [-0.05, 0) is 48.9 Å². The summed E-state index contributed by atoms with van der Waals surface area (Å²) in [7, 11) is 0. The quantitative estimate of drug-likeness (QED) is 0.746. The van der Waals surface area contributed by atoms with Crippen molar-refractivity contribution in [3.05, 3.63) is 71.3 Å². The van der Waals surface area contributed by atoms with Crippen molar-refractivity contribution in [2.75, 3.05) is 0 Å². The predicted octanol–water partition coefficient (Wildman–Crippen LogP) is 2.75. The van der Waals surface area contributed by atoms with Gasteiger partial charge in [-0.2, -0.15) is 8.75 Å². The van der Waals surface area contributed by atoms with Crippen LogP contribution in [0.25, 0.3) is 0 Å². The molecule has 7 heteroatoms. The Balaban J connectivity index is 1.53. The van der Waals surface area contributed by atoms with Crippen molar-refractivity contribution in [3.63, 3.8) is 0 Å². The zero-order chi connectivity index (χ0) is 16.8. The van der Waals surface area contributed by atoms with Crippen molar-refractivity contribution in [3.8, 4) is 5.75 Å². The summed E-state index contributed by atoms with van der Waals surface area (Å²) < 4.78 is 13.9. The van der Waals surface area contributed by atoms with Crippen LogP contribution in [-0.2, 0) is 13.2 Å². The molecule has 0 spiro atoms. The number of carbonyl (C=O) groups excluding carboxylic acids is 1. The van der Waals surface area contributed by atoms with Crippen LogP contribution in [0.2, 0.25) is 0 Å². The SMILES string of the molecule is Cc1nsnc1COc1ccc(C(=O)NCc2ccncc2)cc1. The molecule has 24 heavy (non-hydrogen) atoms. The molecule has 3 aromatic rings. The van der Waals surface area contributed by atoms with Gasteiger partial charge in [0.1, 0.15) is 18.1 Å². The topological polar surface area (TPSA) is 77.0 Å². The van der Waals surface area contributed by atoms with E-state index in [0.29, 0.717) is 24.5 Å². The highest BCUT2D eigenvalue weighted by atomic mass is 32.1. The van der Waals surface area contributed by atoms with Gasteiger partial charge in [-0.1, -0.05) is 0 Å². The minimum Gasteiger partial charge on any atom is -0.487 e. The number of amides is 1. The normalized spacial score (nSPS) is 10.4. The second kappa shape index (κ2) is 7.65. The van der Waals surface area contributed by atoms with Crippen LogP contribution in [0.5, 0.6) is 5.75 Å². The Hall–Kier alpha value is -2.80. The Morgan fingerprint density at radius 3 is 2.54 bits per heavy atom. The molecule has 0 saturated carbocycles. The lowest BCUT2D eigenvalue weighted by Gasteiger charge is -2.07. The number of hydrogen-bond acceptors (Lipinski definition) is 6. The molecule has 0 unspecified atom stereocenters. The minimum absolute atomic E-state index is 0.127. The Morgan fingerprint density at radius 2 is 1.88 bits per heavy atom. The number of carbonyl (C=O) groups is 1. The van der Waals surface area contributed by atoms with E-state index in [9.17, 15) is 4.79 Å². The smallest absolute Gasteiger partial charge is 0.251 e. The van der Waals surface area contributed by atoms with E-state index in [-0.39, 0.29) is 5.91 Å². The summed E-state index contributed by atoms with van der Waals surface area (Å²) in [4.78, 5) is 16.1. The van der Waals surface area contributed by atoms with Gasteiger partial charge in [0.2, 0.25) is 0 Å². The molecule has 1 amide bonds. The third kappa shape index (κ3) is 4.14. The molecule has 0 atom stereocenters. The van der Waals surface area contributed by atoms with Gasteiger partial charge in [-0.15, -0.1) is 0 Å². The number of rotatable bonds is 6. The van der Waals surface area contributed by atoms with Crippen molar-refractivity contribution < 1.29 is 9.53 Å². The summed E-state index contributed by atoms with van der Waals surface area (Å²) >= 11 is 1.17. The molecular formula is C17H16N4O2S. The van der Waals surface area contributed by atoms with Crippen LogP contribution in [0.3, 0.4) is 0 Å². The molecule has 2 aromatic heterocycles. The number of pyridine rings is 1. The summed E-state index contributed by atoms with van der Waals surface area (Å²) in [5, 5.41) is 2.87. The monoisotopic (exact) mass is 340 g/mol. The van der Waals surface area contributed by atoms with Crippen LogP contribution < -0.4 is 10.1 Å². The summed E-state index contributed by atoms with van der Waals surface area (Å²) in [5.41, 5.74) is 3.31. The second-order valence-corrected chi connectivity index (χ2v) is 5.68. The Kier molecular flexibility index (Phi) is 5.12. The number of aromatic nitrogens is 3. The average Bonchev–Trinajstić information content (AvgIpc) is 3.04. The largest absolute Gasteiger partial charge is 0.487 e. The maximum Gasteiger partial charge on any atom is 0.251 e. The van der Waals surface area contributed by atoms with E-state index < -0.39 is 0 Å². The predicted molar refractivity (Wildman–Crippen MR) is 90.8 cm³/mol. The highest BCUT2D eigenvalue weighted by molar-refractivity contribution is 6.99. The van der Waals surface area contributed by atoms with Gasteiger partial charge in [0.15, 0.2) is 0 Å². The zero-order valence-electron chi connectivity index (χ0n) is 13.1. The number of benzene rings is 1. The summed E-state index contributed by atoms with van der Waals surface area (Å²) in [6.45, 7) is 2.74. The lowest BCUT2D eigenvalue weighted by atomic mass is 10.2. The molecule has 3 rings (SSSR count). The zero-order valence-corrected chi connectivity index (χ0v) is 13.9. The molecule has 6 nitrogen and oxygen atoms in total.